The van der Waals surface area contributed by atoms with Crippen LogP contribution >= 0.6 is 0 Å². The molecule has 2 atom stereocenters. The molecule has 1 aromatic carbocycles. The highest BCUT2D eigenvalue weighted by Crippen LogP contribution is 2.21. The zero-order valence-electron chi connectivity index (χ0n) is 18.2. The van der Waals surface area contributed by atoms with E-state index in [0.29, 0.717) is 45.6 Å². The standard InChI is InChI=1S/C24H29N3O5/c1-30-20-5-2-17(3-6-20)4-7-23(28)26-19-15-31-21-13-27(14-22(21)32-16-19)24(29)12-18-8-10-25-11-9-18/h2-3,5-6,8-11,19,21-22H,4,7,12-16H2,1H3,(H,26,28)/t21-,22-/m0/s1. The van der Waals surface area contributed by atoms with E-state index in [-0.39, 0.29) is 30.1 Å². The van der Waals surface area contributed by atoms with Crippen LogP contribution in [0.5, 0.6) is 5.75 Å². The van der Waals surface area contributed by atoms with Crippen molar-refractivity contribution in [3.63, 3.8) is 0 Å². The number of fused-ring (bicyclic) bond motifs is 1. The van der Waals surface area contributed by atoms with Crippen molar-refractivity contribution in [3.8, 4) is 5.75 Å². The minimum absolute atomic E-state index is 0.0285. The Morgan fingerprint density at radius 1 is 1.03 bits per heavy atom. The zero-order chi connectivity index (χ0) is 22.3. The van der Waals surface area contributed by atoms with Gasteiger partial charge in [-0.3, -0.25) is 14.6 Å². The molecule has 1 N–H and O–H groups in total. The number of rotatable bonds is 7. The summed E-state index contributed by atoms with van der Waals surface area (Å²) < 4.78 is 17.2. The van der Waals surface area contributed by atoms with Crippen molar-refractivity contribution in [1.82, 2.24) is 15.2 Å². The number of carbonyl (C=O) groups excluding carboxylic acids is 2. The van der Waals surface area contributed by atoms with E-state index in [0.717, 1.165) is 16.9 Å². The average molecular weight is 440 g/mol. The van der Waals surface area contributed by atoms with Crippen LogP contribution in [0.15, 0.2) is 48.8 Å². The van der Waals surface area contributed by atoms with Crippen molar-refractivity contribution in [3.05, 3.63) is 59.9 Å². The number of nitrogens with zero attached hydrogens (tertiary/aromatic N) is 2. The number of pyridine rings is 1. The molecule has 4 rings (SSSR count). The van der Waals surface area contributed by atoms with Gasteiger partial charge in [-0.1, -0.05) is 12.1 Å². The summed E-state index contributed by atoms with van der Waals surface area (Å²) in [6.45, 7) is 1.77. The molecule has 170 valence electrons. The fraction of sp³-hybridized carbons (Fsp3) is 0.458. The number of ether oxygens (including phenoxy) is 3. The van der Waals surface area contributed by atoms with Crippen LogP contribution in [0, 0.1) is 0 Å². The normalized spacial score (nSPS) is 21.0. The van der Waals surface area contributed by atoms with Crippen molar-refractivity contribution >= 4 is 11.8 Å². The van der Waals surface area contributed by atoms with Crippen molar-refractivity contribution in [2.45, 2.75) is 37.5 Å². The molecule has 0 radical (unpaired) electrons. The number of carbonyl (C=O) groups is 2. The summed E-state index contributed by atoms with van der Waals surface area (Å²) in [7, 11) is 1.63. The van der Waals surface area contributed by atoms with Gasteiger partial charge in [0.1, 0.15) is 18.0 Å². The van der Waals surface area contributed by atoms with Gasteiger partial charge in [-0.25, -0.2) is 0 Å². The lowest BCUT2D eigenvalue weighted by atomic mass is 10.1. The van der Waals surface area contributed by atoms with Crippen LogP contribution in [-0.2, 0) is 31.9 Å². The van der Waals surface area contributed by atoms with Crippen LogP contribution in [0.2, 0.25) is 0 Å². The maximum absolute atomic E-state index is 12.6. The van der Waals surface area contributed by atoms with Gasteiger partial charge in [0.2, 0.25) is 11.8 Å². The number of hydrogen-bond donors (Lipinski definition) is 1. The Morgan fingerprint density at radius 2 is 1.69 bits per heavy atom. The van der Waals surface area contributed by atoms with Crippen LogP contribution in [0.4, 0.5) is 0 Å². The molecule has 0 saturated carbocycles. The van der Waals surface area contributed by atoms with Crippen molar-refractivity contribution in [2.75, 3.05) is 33.4 Å². The van der Waals surface area contributed by atoms with Crippen LogP contribution in [0.3, 0.4) is 0 Å². The molecular weight excluding hydrogens is 410 g/mol. The summed E-state index contributed by atoms with van der Waals surface area (Å²) in [5.74, 6) is 0.827. The summed E-state index contributed by atoms with van der Waals surface area (Å²) in [5.41, 5.74) is 2.02. The Balaban J connectivity index is 1.20. The van der Waals surface area contributed by atoms with E-state index in [9.17, 15) is 9.59 Å². The first-order chi connectivity index (χ1) is 15.6. The highest BCUT2D eigenvalue weighted by molar-refractivity contribution is 5.79. The van der Waals surface area contributed by atoms with E-state index >= 15 is 0 Å². The zero-order valence-corrected chi connectivity index (χ0v) is 18.2. The molecule has 8 heteroatoms. The van der Waals surface area contributed by atoms with Crippen molar-refractivity contribution in [1.29, 1.82) is 0 Å². The van der Waals surface area contributed by atoms with Crippen molar-refractivity contribution in [2.24, 2.45) is 0 Å². The molecule has 0 spiro atoms. The number of aryl methyl sites for hydroxylation is 1. The monoisotopic (exact) mass is 439 g/mol. The maximum atomic E-state index is 12.6. The molecule has 2 fully saturated rings. The first-order valence-electron chi connectivity index (χ1n) is 10.9. The van der Waals surface area contributed by atoms with E-state index in [2.05, 4.69) is 10.3 Å². The second-order valence-electron chi connectivity index (χ2n) is 8.19. The molecule has 2 aliphatic heterocycles. The van der Waals surface area contributed by atoms with E-state index in [1.807, 2.05) is 36.4 Å². The van der Waals surface area contributed by atoms with Gasteiger partial charge in [-0.05, 0) is 41.8 Å². The van der Waals surface area contributed by atoms with Gasteiger partial charge in [0.15, 0.2) is 0 Å². The van der Waals surface area contributed by atoms with Crippen LogP contribution in [0.1, 0.15) is 17.5 Å². The summed E-state index contributed by atoms with van der Waals surface area (Å²) >= 11 is 0. The number of likely N-dealkylation sites (tertiary alicyclic amines) is 1. The fourth-order valence-electron chi connectivity index (χ4n) is 4.02. The first-order valence-corrected chi connectivity index (χ1v) is 10.9. The Kier molecular flexibility index (Phi) is 7.34. The van der Waals surface area contributed by atoms with E-state index in [4.69, 9.17) is 14.2 Å². The Bertz CT molecular complexity index is 890. The van der Waals surface area contributed by atoms with Gasteiger partial charge in [0.05, 0.1) is 32.8 Å². The smallest absolute Gasteiger partial charge is 0.227 e. The number of amides is 2. The highest BCUT2D eigenvalue weighted by Gasteiger charge is 2.39. The first kappa shape index (κ1) is 22.2. The predicted octanol–water partition coefficient (Wildman–Crippen LogP) is 1.38. The third kappa shape index (κ3) is 5.83. The summed E-state index contributed by atoms with van der Waals surface area (Å²) in [6.07, 6.45) is 4.43. The molecule has 0 aliphatic carbocycles. The fourth-order valence-corrected chi connectivity index (χ4v) is 4.02. The number of nitrogens with one attached hydrogen (secondary N) is 1. The molecule has 1 aromatic heterocycles. The summed E-state index contributed by atoms with van der Waals surface area (Å²) in [6, 6.07) is 11.2. The molecule has 8 nitrogen and oxygen atoms in total. The molecule has 0 unspecified atom stereocenters. The topological polar surface area (TPSA) is 90.0 Å². The SMILES string of the molecule is COc1ccc(CCC(=O)NC2CO[C@H]3CN(C(=O)Cc4ccncc4)C[C@@H]3OC2)cc1. The maximum Gasteiger partial charge on any atom is 0.227 e. The molecular formula is C24H29N3O5. The lowest BCUT2D eigenvalue weighted by molar-refractivity contribution is -0.130. The molecule has 32 heavy (non-hydrogen) atoms. The summed E-state index contributed by atoms with van der Waals surface area (Å²) in [4.78, 5) is 30.8. The minimum Gasteiger partial charge on any atom is -0.497 e. The number of aromatic nitrogens is 1. The highest BCUT2D eigenvalue weighted by atomic mass is 16.6. The second kappa shape index (κ2) is 10.6. The van der Waals surface area contributed by atoms with Gasteiger partial charge in [0, 0.05) is 31.9 Å². The van der Waals surface area contributed by atoms with Gasteiger partial charge in [-0.2, -0.15) is 0 Å². The lowest BCUT2D eigenvalue weighted by Gasteiger charge is -2.19. The lowest BCUT2D eigenvalue weighted by Crippen LogP contribution is -2.41. The number of benzene rings is 1. The van der Waals surface area contributed by atoms with E-state index in [1.165, 1.54) is 0 Å². The number of hydrogen-bond acceptors (Lipinski definition) is 6. The molecule has 2 amide bonds. The Morgan fingerprint density at radius 3 is 2.31 bits per heavy atom. The second-order valence-corrected chi connectivity index (χ2v) is 8.19. The van der Waals surface area contributed by atoms with Crippen molar-refractivity contribution < 1.29 is 23.8 Å². The van der Waals surface area contributed by atoms with Crippen LogP contribution in [0.25, 0.3) is 0 Å². The predicted molar refractivity (Wildman–Crippen MR) is 117 cm³/mol. The van der Waals surface area contributed by atoms with E-state index < -0.39 is 0 Å². The largest absolute Gasteiger partial charge is 0.497 e. The quantitative estimate of drug-likeness (QED) is 0.701. The Hall–Kier alpha value is -2.97. The van der Waals surface area contributed by atoms with Gasteiger partial charge < -0.3 is 24.4 Å². The molecule has 3 heterocycles. The number of methoxy groups -OCH3 is 1. The average Bonchev–Trinajstić information content (AvgIpc) is 3.15. The van der Waals surface area contributed by atoms with E-state index in [1.54, 1.807) is 24.4 Å². The molecule has 2 saturated heterocycles. The molecule has 0 bridgehead atoms. The van der Waals surface area contributed by atoms with Gasteiger partial charge in [0.25, 0.3) is 0 Å². The van der Waals surface area contributed by atoms with Gasteiger partial charge in [-0.15, -0.1) is 0 Å². The minimum atomic E-state index is -0.190. The third-order valence-corrected chi connectivity index (χ3v) is 5.86. The summed E-state index contributed by atoms with van der Waals surface area (Å²) in [5, 5.41) is 3.01. The third-order valence-electron chi connectivity index (χ3n) is 5.86. The molecule has 2 aromatic rings. The van der Waals surface area contributed by atoms with Gasteiger partial charge >= 0.3 is 0 Å². The van der Waals surface area contributed by atoms with Crippen LogP contribution < -0.4 is 10.1 Å². The molecule has 2 aliphatic rings. The van der Waals surface area contributed by atoms with Crippen LogP contribution in [-0.4, -0.2) is 73.4 Å². The Labute approximate surface area is 187 Å².